The maximum Gasteiger partial charge on any atom is 0.150 e. The summed E-state index contributed by atoms with van der Waals surface area (Å²) in [6.45, 7) is 3.85. The van der Waals surface area contributed by atoms with Gasteiger partial charge in [0.25, 0.3) is 0 Å². The highest BCUT2D eigenvalue weighted by Gasteiger charge is 2.22. The molecule has 142 valence electrons. The highest BCUT2D eigenvalue weighted by atomic mass is 35.5. The van der Waals surface area contributed by atoms with Crippen LogP contribution in [0.4, 0.5) is 5.69 Å². The zero-order valence-corrected chi connectivity index (χ0v) is 16.7. The standard InChI is InChI=1S/C23H23ClN4/c1-16-5-11-19(12-6-16)25-14-22-26-28-15-21(17-7-9-18(24)10-8-17)20-4-2-3-13-27(22)23(20)28/h5-12,15,25H,2-4,13-14H2,1H3. The van der Waals surface area contributed by atoms with Crippen molar-refractivity contribution in [2.24, 2.45) is 0 Å². The van der Waals surface area contributed by atoms with E-state index in [1.807, 2.05) is 12.1 Å². The van der Waals surface area contributed by atoms with Crippen LogP contribution in [0.5, 0.6) is 0 Å². The molecule has 1 aliphatic rings. The van der Waals surface area contributed by atoms with Crippen molar-refractivity contribution in [1.29, 1.82) is 0 Å². The predicted molar refractivity (Wildman–Crippen MR) is 115 cm³/mol. The first-order valence-corrected chi connectivity index (χ1v) is 10.2. The summed E-state index contributed by atoms with van der Waals surface area (Å²) in [4.78, 5) is 0. The Kier molecular flexibility index (Phi) is 4.36. The van der Waals surface area contributed by atoms with Gasteiger partial charge >= 0.3 is 0 Å². The van der Waals surface area contributed by atoms with E-state index in [2.05, 4.69) is 63.9 Å². The lowest BCUT2D eigenvalue weighted by atomic mass is 10.0. The van der Waals surface area contributed by atoms with Gasteiger partial charge in [0, 0.05) is 34.6 Å². The Morgan fingerprint density at radius 2 is 1.82 bits per heavy atom. The molecule has 2 aromatic heterocycles. The van der Waals surface area contributed by atoms with Gasteiger partial charge in [-0.15, -0.1) is 0 Å². The lowest BCUT2D eigenvalue weighted by Crippen LogP contribution is -2.09. The number of halogens is 1. The Morgan fingerprint density at radius 3 is 2.61 bits per heavy atom. The highest BCUT2D eigenvalue weighted by Crippen LogP contribution is 2.33. The van der Waals surface area contributed by atoms with Crippen LogP contribution >= 0.6 is 11.6 Å². The summed E-state index contributed by atoms with van der Waals surface area (Å²) < 4.78 is 4.46. The average Bonchev–Trinajstić information content (AvgIpc) is 3.12. The fraction of sp³-hybridized carbons (Fsp3) is 0.261. The number of nitrogens with one attached hydrogen (secondary N) is 1. The molecule has 2 aromatic carbocycles. The van der Waals surface area contributed by atoms with Crippen LogP contribution in [0.25, 0.3) is 16.8 Å². The molecule has 3 heterocycles. The number of rotatable bonds is 4. The second-order valence-corrected chi connectivity index (χ2v) is 7.98. The molecule has 0 saturated heterocycles. The molecule has 1 N–H and O–H groups in total. The van der Waals surface area contributed by atoms with Crippen molar-refractivity contribution < 1.29 is 0 Å². The van der Waals surface area contributed by atoms with Crippen LogP contribution in [0.15, 0.2) is 54.7 Å². The Hall–Kier alpha value is -2.72. The summed E-state index contributed by atoms with van der Waals surface area (Å²) in [5.41, 5.74) is 7.51. The van der Waals surface area contributed by atoms with Crippen LogP contribution in [0.3, 0.4) is 0 Å². The molecule has 0 bridgehead atoms. The molecular weight excluding hydrogens is 368 g/mol. The van der Waals surface area contributed by atoms with E-state index in [0.717, 1.165) is 36.0 Å². The van der Waals surface area contributed by atoms with Gasteiger partial charge in [-0.2, -0.15) is 5.10 Å². The van der Waals surface area contributed by atoms with Gasteiger partial charge in [-0.1, -0.05) is 41.4 Å². The molecule has 0 radical (unpaired) electrons. The first kappa shape index (κ1) is 17.4. The van der Waals surface area contributed by atoms with Crippen LogP contribution in [-0.4, -0.2) is 14.2 Å². The normalized spacial score (nSPS) is 13.6. The van der Waals surface area contributed by atoms with Gasteiger partial charge in [-0.05, 0) is 56.0 Å². The minimum absolute atomic E-state index is 0.723. The number of aryl methyl sites for hydroxylation is 3. The number of aromatic nitrogens is 3. The number of hydrogen-bond acceptors (Lipinski definition) is 2. The van der Waals surface area contributed by atoms with E-state index >= 15 is 0 Å². The van der Waals surface area contributed by atoms with Crippen LogP contribution < -0.4 is 5.32 Å². The lowest BCUT2D eigenvalue weighted by Gasteiger charge is -2.09. The highest BCUT2D eigenvalue weighted by molar-refractivity contribution is 6.30. The van der Waals surface area contributed by atoms with Gasteiger partial charge in [0.1, 0.15) is 5.65 Å². The molecule has 5 heteroatoms. The molecule has 0 amide bonds. The van der Waals surface area contributed by atoms with Crippen molar-refractivity contribution >= 4 is 22.9 Å². The topological polar surface area (TPSA) is 34.3 Å². The maximum absolute atomic E-state index is 6.08. The van der Waals surface area contributed by atoms with E-state index in [1.54, 1.807) is 0 Å². The third kappa shape index (κ3) is 3.08. The maximum atomic E-state index is 6.08. The molecule has 4 nitrogen and oxygen atoms in total. The Morgan fingerprint density at radius 1 is 1.04 bits per heavy atom. The molecular formula is C23H23ClN4. The molecule has 0 aliphatic carbocycles. The molecule has 0 saturated carbocycles. The summed E-state index contributed by atoms with van der Waals surface area (Å²) in [7, 11) is 0. The largest absolute Gasteiger partial charge is 0.378 e. The zero-order valence-electron chi connectivity index (χ0n) is 16.0. The number of hydrogen-bond donors (Lipinski definition) is 1. The van der Waals surface area contributed by atoms with E-state index in [0.29, 0.717) is 0 Å². The van der Waals surface area contributed by atoms with E-state index in [9.17, 15) is 0 Å². The summed E-state index contributed by atoms with van der Waals surface area (Å²) in [5.74, 6) is 1.08. The van der Waals surface area contributed by atoms with Gasteiger partial charge in [-0.25, -0.2) is 4.52 Å². The van der Waals surface area contributed by atoms with E-state index in [-0.39, 0.29) is 0 Å². The Bertz CT molecular complexity index is 1120. The summed E-state index contributed by atoms with van der Waals surface area (Å²) in [6.07, 6.45) is 5.64. The van der Waals surface area contributed by atoms with Crippen LogP contribution in [0.2, 0.25) is 5.02 Å². The van der Waals surface area contributed by atoms with Crippen LogP contribution in [-0.2, 0) is 19.5 Å². The third-order valence-corrected chi connectivity index (χ3v) is 5.82. The summed E-state index contributed by atoms with van der Waals surface area (Å²) >= 11 is 6.08. The summed E-state index contributed by atoms with van der Waals surface area (Å²) in [5, 5.41) is 9.20. The molecule has 1 aliphatic heterocycles. The zero-order chi connectivity index (χ0) is 19.1. The minimum atomic E-state index is 0.723. The third-order valence-electron chi connectivity index (χ3n) is 5.57. The number of nitrogens with zero attached hydrogens (tertiary/aromatic N) is 3. The van der Waals surface area contributed by atoms with Crippen molar-refractivity contribution in [2.45, 2.75) is 39.3 Å². The molecule has 0 fully saturated rings. The first-order valence-electron chi connectivity index (χ1n) is 9.85. The predicted octanol–water partition coefficient (Wildman–Crippen LogP) is 5.71. The second kappa shape index (κ2) is 7.02. The number of benzene rings is 2. The van der Waals surface area contributed by atoms with E-state index < -0.39 is 0 Å². The summed E-state index contributed by atoms with van der Waals surface area (Å²) in [6, 6.07) is 16.6. The lowest BCUT2D eigenvalue weighted by molar-refractivity contribution is 0.619. The first-order chi connectivity index (χ1) is 13.7. The van der Waals surface area contributed by atoms with Gasteiger partial charge in [-0.3, -0.25) is 0 Å². The molecule has 5 rings (SSSR count). The van der Waals surface area contributed by atoms with Crippen LogP contribution in [0, 0.1) is 6.92 Å². The van der Waals surface area contributed by atoms with Crippen molar-refractivity contribution in [2.75, 3.05) is 5.32 Å². The number of anilines is 1. The molecule has 0 spiro atoms. The fourth-order valence-electron chi connectivity index (χ4n) is 4.10. The Labute approximate surface area is 169 Å². The molecule has 0 unspecified atom stereocenters. The van der Waals surface area contributed by atoms with Crippen molar-refractivity contribution in [3.63, 3.8) is 0 Å². The van der Waals surface area contributed by atoms with Crippen LogP contribution in [0.1, 0.15) is 29.8 Å². The molecule has 28 heavy (non-hydrogen) atoms. The fourth-order valence-corrected chi connectivity index (χ4v) is 4.22. The van der Waals surface area contributed by atoms with Crippen molar-refractivity contribution in [3.05, 3.63) is 76.7 Å². The van der Waals surface area contributed by atoms with Gasteiger partial charge < -0.3 is 9.88 Å². The van der Waals surface area contributed by atoms with E-state index in [1.165, 1.54) is 40.7 Å². The second-order valence-electron chi connectivity index (χ2n) is 7.54. The van der Waals surface area contributed by atoms with Crippen molar-refractivity contribution in [3.8, 4) is 11.1 Å². The monoisotopic (exact) mass is 390 g/mol. The average molecular weight is 391 g/mol. The van der Waals surface area contributed by atoms with Gasteiger partial charge in [0.05, 0.1) is 6.54 Å². The molecule has 4 aromatic rings. The van der Waals surface area contributed by atoms with Gasteiger partial charge in [0.2, 0.25) is 0 Å². The minimum Gasteiger partial charge on any atom is -0.378 e. The smallest absolute Gasteiger partial charge is 0.150 e. The SMILES string of the molecule is Cc1ccc(NCc2nn3cc(-c4ccc(Cl)cc4)c4c3n2CCCC4)cc1. The molecule has 0 atom stereocenters. The van der Waals surface area contributed by atoms with Gasteiger partial charge in [0.15, 0.2) is 5.82 Å². The van der Waals surface area contributed by atoms with E-state index in [4.69, 9.17) is 16.7 Å². The Balaban J connectivity index is 1.52. The van der Waals surface area contributed by atoms with Crippen molar-refractivity contribution in [1.82, 2.24) is 14.2 Å². The quantitative estimate of drug-likeness (QED) is 0.484.